The lowest BCUT2D eigenvalue weighted by Gasteiger charge is -2.16. The third-order valence-electron chi connectivity index (χ3n) is 3.87. The number of nitrogens with two attached hydrogens (primary N) is 1. The molecule has 2 N–H and O–H groups in total. The van der Waals surface area contributed by atoms with Gasteiger partial charge in [0.1, 0.15) is 11.3 Å². The van der Waals surface area contributed by atoms with E-state index in [0.29, 0.717) is 0 Å². The molecule has 0 aliphatic rings. The number of fused-ring (bicyclic) bond motifs is 1. The van der Waals surface area contributed by atoms with E-state index in [4.69, 9.17) is 10.2 Å². The molecule has 3 heteroatoms. The number of halogens is 1. The molecule has 0 spiro atoms. The maximum absolute atomic E-state index is 6.47. The van der Waals surface area contributed by atoms with E-state index in [9.17, 15) is 0 Å². The number of rotatable bonds is 2. The minimum atomic E-state index is -0.245. The van der Waals surface area contributed by atoms with E-state index in [1.165, 1.54) is 16.7 Å². The van der Waals surface area contributed by atoms with E-state index in [1.54, 1.807) is 0 Å². The molecular formula is C18H18BrNO. The first-order valence-electron chi connectivity index (χ1n) is 6.98. The number of aryl methyl sites for hydroxylation is 3. The molecular weight excluding hydrogens is 326 g/mol. The first kappa shape index (κ1) is 14.4. The van der Waals surface area contributed by atoms with Crippen LogP contribution in [0, 0.1) is 20.8 Å². The Hall–Kier alpha value is -1.58. The van der Waals surface area contributed by atoms with Crippen molar-refractivity contribution in [2.24, 2.45) is 5.73 Å². The first-order chi connectivity index (χ1) is 9.97. The Kier molecular flexibility index (Phi) is 3.64. The summed E-state index contributed by atoms with van der Waals surface area (Å²) in [6, 6.07) is 12.1. The minimum absolute atomic E-state index is 0.245. The summed E-state index contributed by atoms with van der Waals surface area (Å²) in [6.45, 7) is 6.31. The molecule has 0 aliphatic heterocycles. The minimum Gasteiger partial charge on any atom is -0.458 e. The smallest absolute Gasteiger partial charge is 0.148 e. The maximum Gasteiger partial charge on any atom is 0.148 e. The van der Waals surface area contributed by atoms with Crippen LogP contribution in [0.15, 0.2) is 45.3 Å². The van der Waals surface area contributed by atoms with Crippen LogP contribution >= 0.6 is 15.9 Å². The van der Waals surface area contributed by atoms with Crippen molar-refractivity contribution in [3.8, 4) is 0 Å². The van der Waals surface area contributed by atoms with Gasteiger partial charge in [0.05, 0.1) is 10.5 Å². The van der Waals surface area contributed by atoms with Gasteiger partial charge in [-0.3, -0.25) is 0 Å². The van der Waals surface area contributed by atoms with Crippen LogP contribution in [0.25, 0.3) is 11.0 Å². The van der Waals surface area contributed by atoms with Crippen molar-refractivity contribution < 1.29 is 4.42 Å². The SMILES string of the molecule is Cc1cc(C)c(C(N)c2cc3cccc(Br)c3o2)c(C)c1. The van der Waals surface area contributed by atoms with E-state index >= 15 is 0 Å². The summed E-state index contributed by atoms with van der Waals surface area (Å²) in [5.41, 5.74) is 12.1. The van der Waals surface area contributed by atoms with Crippen LogP contribution in [0.5, 0.6) is 0 Å². The average molecular weight is 344 g/mol. The van der Waals surface area contributed by atoms with Gasteiger partial charge in [-0.25, -0.2) is 0 Å². The zero-order valence-electron chi connectivity index (χ0n) is 12.4. The van der Waals surface area contributed by atoms with Gasteiger partial charge in [-0.2, -0.15) is 0 Å². The fourth-order valence-corrected chi connectivity index (χ4v) is 3.49. The summed E-state index contributed by atoms with van der Waals surface area (Å²) in [5.74, 6) is 0.798. The van der Waals surface area contributed by atoms with Gasteiger partial charge in [0.25, 0.3) is 0 Å². The van der Waals surface area contributed by atoms with Crippen molar-refractivity contribution in [3.63, 3.8) is 0 Å². The summed E-state index contributed by atoms with van der Waals surface area (Å²) < 4.78 is 6.94. The van der Waals surface area contributed by atoms with E-state index < -0.39 is 0 Å². The van der Waals surface area contributed by atoms with Crippen LogP contribution < -0.4 is 5.73 Å². The van der Waals surface area contributed by atoms with Gasteiger partial charge in [-0.05, 0) is 65.5 Å². The Balaban J connectivity index is 2.12. The molecule has 2 aromatic carbocycles. The van der Waals surface area contributed by atoms with Crippen LogP contribution in [0.2, 0.25) is 0 Å². The summed E-state index contributed by atoms with van der Waals surface area (Å²) in [5, 5.41) is 1.07. The lowest BCUT2D eigenvalue weighted by atomic mass is 9.93. The highest BCUT2D eigenvalue weighted by molar-refractivity contribution is 9.10. The fourth-order valence-electron chi connectivity index (χ4n) is 3.02. The van der Waals surface area contributed by atoms with Gasteiger partial charge in [-0.1, -0.05) is 29.8 Å². The normalized spacial score (nSPS) is 12.8. The van der Waals surface area contributed by atoms with E-state index in [2.05, 4.69) is 48.8 Å². The molecule has 1 aromatic heterocycles. The van der Waals surface area contributed by atoms with Gasteiger partial charge in [0, 0.05) is 5.39 Å². The van der Waals surface area contributed by atoms with E-state index in [0.717, 1.165) is 26.8 Å². The molecule has 21 heavy (non-hydrogen) atoms. The van der Waals surface area contributed by atoms with E-state index in [-0.39, 0.29) is 6.04 Å². The molecule has 0 saturated carbocycles. The molecule has 0 fully saturated rings. The molecule has 0 amide bonds. The molecule has 3 aromatic rings. The maximum atomic E-state index is 6.47. The second-order valence-corrected chi connectivity index (χ2v) is 6.45. The van der Waals surface area contributed by atoms with Crippen molar-refractivity contribution >= 4 is 26.9 Å². The van der Waals surface area contributed by atoms with E-state index in [1.807, 2.05) is 24.3 Å². The topological polar surface area (TPSA) is 39.2 Å². The first-order valence-corrected chi connectivity index (χ1v) is 7.78. The number of benzene rings is 2. The van der Waals surface area contributed by atoms with Gasteiger partial charge in [0.2, 0.25) is 0 Å². The summed E-state index contributed by atoms with van der Waals surface area (Å²) in [4.78, 5) is 0. The van der Waals surface area contributed by atoms with Gasteiger partial charge in [0.15, 0.2) is 0 Å². The predicted molar refractivity (Wildman–Crippen MR) is 90.6 cm³/mol. The lowest BCUT2D eigenvalue weighted by Crippen LogP contribution is -2.14. The predicted octanol–water partition coefficient (Wildman–Crippen LogP) is 5.17. The highest BCUT2D eigenvalue weighted by Crippen LogP contribution is 2.33. The molecule has 3 rings (SSSR count). The van der Waals surface area contributed by atoms with Crippen molar-refractivity contribution in [1.29, 1.82) is 0 Å². The van der Waals surface area contributed by atoms with Gasteiger partial charge < -0.3 is 10.2 Å². The van der Waals surface area contributed by atoms with Crippen molar-refractivity contribution in [3.05, 3.63) is 68.9 Å². The highest BCUT2D eigenvalue weighted by Gasteiger charge is 2.19. The Morgan fingerprint density at radius 3 is 2.33 bits per heavy atom. The van der Waals surface area contributed by atoms with Crippen LogP contribution in [-0.2, 0) is 0 Å². The second kappa shape index (κ2) is 5.32. The van der Waals surface area contributed by atoms with Crippen LogP contribution in [0.1, 0.15) is 34.1 Å². The quantitative estimate of drug-likeness (QED) is 0.697. The standard InChI is InChI=1S/C18H18BrNO/c1-10-7-11(2)16(12(3)8-10)17(20)15-9-13-5-4-6-14(19)18(13)21-15/h4-9,17H,20H2,1-3H3. The van der Waals surface area contributed by atoms with Crippen LogP contribution in [-0.4, -0.2) is 0 Å². The number of hydrogen-bond acceptors (Lipinski definition) is 2. The summed E-state index contributed by atoms with van der Waals surface area (Å²) in [7, 11) is 0. The molecule has 0 aliphatic carbocycles. The Morgan fingerprint density at radius 2 is 1.71 bits per heavy atom. The van der Waals surface area contributed by atoms with Gasteiger partial charge in [-0.15, -0.1) is 0 Å². The molecule has 0 saturated heterocycles. The lowest BCUT2D eigenvalue weighted by molar-refractivity contribution is 0.522. The van der Waals surface area contributed by atoms with Crippen molar-refractivity contribution in [1.82, 2.24) is 0 Å². The Labute approximate surface area is 133 Å². The summed E-state index contributed by atoms with van der Waals surface area (Å²) in [6.07, 6.45) is 0. The largest absolute Gasteiger partial charge is 0.458 e. The zero-order valence-corrected chi connectivity index (χ0v) is 14.0. The Morgan fingerprint density at radius 1 is 1.05 bits per heavy atom. The molecule has 108 valence electrons. The third-order valence-corrected chi connectivity index (χ3v) is 4.50. The van der Waals surface area contributed by atoms with Crippen molar-refractivity contribution in [2.45, 2.75) is 26.8 Å². The number of para-hydroxylation sites is 1. The average Bonchev–Trinajstić information content (AvgIpc) is 2.82. The molecule has 2 nitrogen and oxygen atoms in total. The summed E-state index contributed by atoms with van der Waals surface area (Å²) >= 11 is 3.52. The highest BCUT2D eigenvalue weighted by atomic mass is 79.9. The zero-order chi connectivity index (χ0) is 15.1. The third kappa shape index (κ3) is 2.52. The second-order valence-electron chi connectivity index (χ2n) is 5.60. The van der Waals surface area contributed by atoms with Crippen LogP contribution in [0.3, 0.4) is 0 Å². The van der Waals surface area contributed by atoms with Crippen LogP contribution in [0.4, 0.5) is 0 Å². The molecule has 1 heterocycles. The fraction of sp³-hybridized carbons (Fsp3) is 0.222. The molecule has 1 atom stereocenters. The van der Waals surface area contributed by atoms with Crippen molar-refractivity contribution in [2.75, 3.05) is 0 Å². The molecule has 0 bridgehead atoms. The molecule has 1 unspecified atom stereocenters. The molecule has 0 radical (unpaired) electrons. The number of hydrogen-bond donors (Lipinski definition) is 1. The Bertz CT molecular complexity index is 796. The monoisotopic (exact) mass is 343 g/mol. The number of furan rings is 1. The van der Waals surface area contributed by atoms with Gasteiger partial charge >= 0.3 is 0 Å².